The van der Waals surface area contributed by atoms with Gasteiger partial charge in [-0.1, -0.05) is 0 Å². The van der Waals surface area contributed by atoms with Gasteiger partial charge in [0.1, 0.15) is 0 Å². The van der Waals surface area contributed by atoms with E-state index in [0.717, 1.165) is 0 Å². The van der Waals surface area contributed by atoms with Crippen LogP contribution in [0.1, 0.15) is 6.92 Å². The van der Waals surface area contributed by atoms with Crippen molar-refractivity contribution in [2.24, 2.45) is 0 Å². The largest absolute Gasteiger partial charge is 0.399 e. The Bertz CT molecular complexity index is 474. The molecule has 0 spiro atoms. The van der Waals surface area contributed by atoms with Crippen LogP contribution in [0.2, 0.25) is 0 Å². The summed E-state index contributed by atoms with van der Waals surface area (Å²) in [6.07, 6.45) is -0.741. The topological polar surface area (TPSA) is 92.4 Å². The van der Waals surface area contributed by atoms with Gasteiger partial charge >= 0.3 is 0 Å². The van der Waals surface area contributed by atoms with E-state index in [1.54, 1.807) is 12.1 Å². The second kappa shape index (κ2) is 5.13. The average molecular weight is 309 g/mol. The van der Waals surface area contributed by atoms with E-state index in [1.807, 2.05) is 0 Å². The predicted octanol–water partition coefficient (Wildman–Crippen LogP) is 0.690. The summed E-state index contributed by atoms with van der Waals surface area (Å²) < 4.78 is 26.3. The van der Waals surface area contributed by atoms with E-state index in [-0.39, 0.29) is 11.4 Å². The van der Waals surface area contributed by atoms with Gasteiger partial charge in [0.25, 0.3) is 0 Å². The number of hydrogen-bond acceptors (Lipinski definition) is 4. The Hall–Kier alpha value is -0.630. The fourth-order valence-electron chi connectivity index (χ4n) is 1.03. The molecule has 1 unspecified atom stereocenters. The van der Waals surface area contributed by atoms with Crippen molar-refractivity contribution >= 4 is 31.6 Å². The number of halogens is 1. The third-order valence-corrected chi connectivity index (χ3v) is 4.23. The summed E-state index contributed by atoms with van der Waals surface area (Å²) in [6.45, 7) is 1.46. The molecule has 7 heteroatoms. The molecule has 4 N–H and O–H groups in total. The molecule has 0 aliphatic rings. The SMILES string of the molecule is CC(O)CNS(=O)(=O)c1cc(N)ccc1Br. The molecule has 0 aromatic heterocycles. The number of sulfonamides is 1. The van der Waals surface area contributed by atoms with Crippen LogP contribution in [0.3, 0.4) is 0 Å². The summed E-state index contributed by atoms with van der Waals surface area (Å²) in [5.74, 6) is 0. The number of nitrogens with one attached hydrogen (secondary N) is 1. The van der Waals surface area contributed by atoms with Gasteiger partial charge in [0.15, 0.2) is 0 Å². The first kappa shape index (κ1) is 13.4. The first-order valence-electron chi connectivity index (χ1n) is 4.55. The molecule has 0 fully saturated rings. The fourth-order valence-corrected chi connectivity index (χ4v) is 3.15. The van der Waals surface area contributed by atoms with Crippen LogP contribution >= 0.6 is 15.9 Å². The monoisotopic (exact) mass is 308 g/mol. The minimum absolute atomic E-state index is 0.0381. The summed E-state index contributed by atoms with van der Waals surface area (Å²) in [6, 6.07) is 4.51. The number of anilines is 1. The van der Waals surface area contributed by atoms with Crippen LogP contribution in [0.25, 0.3) is 0 Å². The van der Waals surface area contributed by atoms with Gasteiger partial charge in [-0.05, 0) is 41.1 Å². The predicted molar refractivity (Wildman–Crippen MR) is 65.4 cm³/mol. The van der Waals surface area contributed by atoms with Crippen molar-refractivity contribution in [2.75, 3.05) is 12.3 Å². The lowest BCUT2D eigenvalue weighted by Gasteiger charge is -2.10. The van der Waals surface area contributed by atoms with Crippen molar-refractivity contribution in [3.63, 3.8) is 0 Å². The van der Waals surface area contributed by atoms with Crippen LogP contribution < -0.4 is 10.5 Å². The maximum absolute atomic E-state index is 11.8. The van der Waals surface area contributed by atoms with Gasteiger partial charge in [-0.2, -0.15) is 0 Å². The van der Waals surface area contributed by atoms with Gasteiger partial charge in [-0.3, -0.25) is 0 Å². The van der Waals surface area contributed by atoms with E-state index in [9.17, 15) is 8.42 Å². The second-order valence-corrected chi connectivity index (χ2v) is 5.98. The van der Waals surface area contributed by atoms with E-state index >= 15 is 0 Å². The van der Waals surface area contributed by atoms with E-state index < -0.39 is 16.1 Å². The highest BCUT2D eigenvalue weighted by atomic mass is 79.9. The average Bonchev–Trinajstić information content (AvgIpc) is 2.19. The molecule has 1 aromatic carbocycles. The number of hydrogen-bond donors (Lipinski definition) is 3. The Labute approximate surface area is 103 Å². The van der Waals surface area contributed by atoms with Gasteiger partial charge in [-0.25, -0.2) is 13.1 Å². The molecule has 0 amide bonds. The van der Waals surface area contributed by atoms with Crippen LogP contribution in [-0.2, 0) is 10.0 Å². The minimum atomic E-state index is -3.65. The third-order valence-electron chi connectivity index (χ3n) is 1.81. The van der Waals surface area contributed by atoms with Crippen LogP contribution in [0, 0.1) is 0 Å². The Kier molecular flexibility index (Phi) is 4.31. The lowest BCUT2D eigenvalue weighted by molar-refractivity contribution is 0.198. The number of aliphatic hydroxyl groups excluding tert-OH is 1. The van der Waals surface area contributed by atoms with Crippen molar-refractivity contribution in [3.8, 4) is 0 Å². The molecule has 1 aromatic rings. The fraction of sp³-hybridized carbons (Fsp3) is 0.333. The summed E-state index contributed by atoms with van der Waals surface area (Å²) >= 11 is 3.14. The number of benzene rings is 1. The van der Waals surface area contributed by atoms with Crippen molar-refractivity contribution in [2.45, 2.75) is 17.9 Å². The number of aliphatic hydroxyl groups is 1. The van der Waals surface area contributed by atoms with Gasteiger partial charge in [-0.15, -0.1) is 0 Å². The van der Waals surface area contributed by atoms with E-state index in [1.165, 1.54) is 13.0 Å². The lowest BCUT2D eigenvalue weighted by Crippen LogP contribution is -2.30. The summed E-state index contributed by atoms with van der Waals surface area (Å²) in [7, 11) is -3.65. The normalized spacial score (nSPS) is 13.7. The molecule has 0 heterocycles. The minimum Gasteiger partial charge on any atom is -0.399 e. The van der Waals surface area contributed by atoms with Gasteiger partial charge in [0.2, 0.25) is 10.0 Å². The highest BCUT2D eigenvalue weighted by Crippen LogP contribution is 2.23. The van der Waals surface area contributed by atoms with Crippen LogP contribution in [-0.4, -0.2) is 26.2 Å². The summed E-state index contributed by atoms with van der Waals surface area (Å²) in [4.78, 5) is 0.0631. The molecule has 16 heavy (non-hydrogen) atoms. The highest BCUT2D eigenvalue weighted by Gasteiger charge is 2.18. The van der Waals surface area contributed by atoms with Crippen molar-refractivity contribution in [1.29, 1.82) is 0 Å². The molecule has 1 rings (SSSR count). The number of rotatable bonds is 4. The summed E-state index contributed by atoms with van der Waals surface area (Å²) in [5.41, 5.74) is 5.88. The Morgan fingerprint density at radius 2 is 2.19 bits per heavy atom. The zero-order valence-corrected chi connectivity index (χ0v) is 11.0. The number of nitrogen functional groups attached to an aromatic ring is 1. The zero-order valence-electron chi connectivity index (χ0n) is 8.64. The number of nitrogens with two attached hydrogens (primary N) is 1. The smallest absolute Gasteiger partial charge is 0.241 e. The van der Waals surface area contributed by atoms with Gasteiger partial charge in [0.05, 0.1) is 11.0 Å². The van der Waals surface area contributed by atoms with E-state index in [2.05, 4.69) is 20.7 Å². The molecule has 0 aliphatic carbocycles. The highest BCUT2D eigenvalue weighted by molar-refractivity contribution is 9.10. The van der Waals surface area contributed by atoms with Crippen molar-refractivity contribution in [3.05, 3.63) is 22.7 Å². The van der Waals surface area contributed by atoms with Crippen LogP contribution in [0.15, 0.2) is 27.6 Å². The molecule has 90 valence electrons. The van der Waals surface area contributed by atoms with E-state index in [4.69, 9.17) is 10.8 Å². The Morgan fingerprint density at radius 3 is 2.75 bits per heavy atom. The maximum atomic E-state index is 11.8. The van der Waals surface area contributed by atoms with E-state index in [0.29, 0.717) is 10.2 Å². The van der Waals surface area contributed by atoms with Crippen LogP contribution in [0.4, 0.5) is 5.69 Å². The second-order valence-electron chi connectivity index (χ2n) is 3.39. The van der Waals surface area contributed by atoms with Gasteiger partial charge in [0, 0.05) is 16.7 Å². The molecule has 1 atom stereocenters. The maximum Gasteiger partial charge on any atom is 0.241 e. The van der Waals surface area contributed by atoms with Gasteiger partial charge < -0.3 is 10.8 Å². The molecule has 0 aliphatic heterocycles. The third kappa shape index (κ3) is 3.44. The van der Waals surface area contributed by atoms with Crippen molar-refractivity contribution < 1.29 is 13.5 Å². The quantitative estimate of drug-likeness (QED) is 0.714. The molecular formula is C9H13BrN2O3S. The Balaban J connectivity index is 3.02. The zero-order chi connectivity index (χ0) is 12.3. The first-order valence-corrected chi connectivity index (χ1v) is 6.83. The lowest BCUT2D eigenvalue weighted by atomic mass is 10.3. The van der Waals surface area contributed by atoms with Crippen LogP contribution in [0.5, 0.6) is 0 Å². The molecule has 0 bridgehead atoms. The first-order chi connectivity index (χ1) is 7.33. The molecule has 0 radical (unpaired) electrons. The molecule has 5 nitrogen and oxygen atoms in total. The molecule has 0 saturated heterocycles. The van der Waals surface area contributed by atoms with Crippen molar-refractivity contribution in [1.82, 2.24) is 4.72 Å². The summed E-state index contributed by atoms with van der Waals surface area (Å²) in [5, 5.41) is 9.02. The molecular weight excluding hydrogens is 296 g/mol. The Morgan fingerprint density at radius 1 is 1.56 bits per heavy atom. The molecule has 0 saturated carbocycles. The standard InChI is InChI=1S/C9H13BrN2O3S/c1-6(13)5-12-16(14,15)9-4-7(11)2-3-8(9)10/h2-4,6,12-13H,5,11H2,1H3.